The van der Waals surface area contributed by atoms with Gasteiger partial charge in [0.05, 0.1) is 22.4 Å². The van der Waals surface area contributed by atoms with Crippen molar-refractivity contribution in [2.45, 2.75) is 4.90 Å². The van der Waals surface area contributed by atoms with Crippen LogP contribution in [0.2, 0.25) is 0 Å². The highest BCUT2D eigenvalue weighted by molar-refractivity contribution is 7.89. The van der Waals surface area contributed by atoms with Crippen molar-refractivity contribution in [3.8, 4) is 16.2 Å². The zero-order valence-electron chi connectivity index (χ0n) is 15.5. The number of primary sulfonamides is 1. The Morgan fingerprint density at radius 2 is 1.67 bits per heavy atom. The summed E-state index contributed by atoms with van der Waals surface area (Å²) in [7, 11) is -2.72. The van der Waals surface area contributed by atoms with Crippen molar-refractivity contribution < 1.29 is 27.1 Å². The van der Waals surface area contributed by atoms with Crippen LogP contribution < -0.4 is 20.7 Å². The van der Waals surface area contributed by atoms with Crippen LogP contribution in [-0.2, 0) is 10.0 Å². The average Bonchev–Trinajstić information content (AvgIpc) is 3.21. The number of benzene rings is 2. The van der Waals surface area contributed by atoms with Crippen molar-refractivity contribution >= 4 is 33.2 Å². The molecule has 1 aromatic heterocycles. The van der Waals surface area contributed by atoms with Crippen molar-refractivity contribution in [3.63, 3.8) is 0 Å². The van der Waals surface area contributed by atoms with E-state index in [4.69, 9.17) is 9.88 Å². The molecule has 30 heavy (non-hydrogen) atoms. The Morgan fingerprint density at radius 3 is 2.30 bits per heavy atom. The van der Waals surface area contributed by atoms with E-state index in [2.05, 4.69) is 10.9 Å². The second-order valence-corrected chi connectivity index (χ2v) is 8.63. The lowest BCUT2D eigenvalue weighted by molar-refractivity contribution is 0.0847. The van der Waals surface area contributed by atoms with Gasteiger partial charge in [-0.05, 0) is 48.0 Å². The number of thiophene rings is 1. The van der Waals surface area contributed by atoms with Crippen molar-refractivity contribution in [2.75, 3.05) is 7.11 Å². The molecule has 1 heterocycles. The highest BCUT2D eigenvalue weighted by atomic mass is 32.2. The zero-order chi connectivity index (χ0) is 21.9. The largest absolute Gasteiger partial charge is 0.496 e. The first-order valence-electron chi connectivity index (χ1n) is 8.36. The van der Waals surface area contributed by atoms with E-state index in [9.17, 15) is 22.4 Å². The second-order valence-electron chi connectivity index (χ2n) is 5.99. The summed E-state index contributed by atoms with van der Waals surface area (Å²) in [4.78, 5) is 25.5. The van der Waals surface area contributed by atoms with Gasteiger partial charge in [0, 0.05) is 4.88 Å². The minimum absolute atomic E-state index is 0.101. The number of methoxy groups -OCH3 is 1. The van der Waals surface area contributed by atoms with Crippen LogP contribution in [0.15, 0.2) is 59.5 Å². The van der Waals surface area contributed by atoms with Crippen LogP contribution in [0.4, 0.5) is 4.39 Å². The maximum atomic E-state index is 13.0. The van der Waals surface area contributed by atoms with Crippen molar-refractivity contribution in [1.82, 2.24) is 10.9 Å². The van der Waals surface area contributed by atoms with Crippen LogP contribution in [-0.4, -0.2) is 27.3 Å². The van der Waals surface area contributed by atoms with Crippen LogP contribution in [0.5, 0.6) is 5.75 Å². The molecular weight excluding hydrogens is 433 g/mol. The molecule has 11 heteroatoms. The van der Waals surface area contributed by atoms with Gasteiger partial charge in [0.15, 0.2) is 0 Å². The summed E-state index contributed by atoms with van der Waals surface area (Å²) in [6.07, 6.45) is 0. The van der Waals surface area contributed by atoms with Crippen molar-refractivity contribution in [1.29, 1.82) is 0 Å². The van der Waals surface area contributed by atoms with E-state index in [-0.39, 0.29) is 22.0 Å². The van der Waals surface area contributed by atoms with E-state index in [1.165, 1.54) is 31.4 Å². The first-order chi connectivity index (χ1) is 14.2. The number of hydrogen-bond donors (Lipinski definition) is 3. The molecule has 0 aliphatic carbocycles. The lowest BCUT2D eigenvalue weighted by Crippen LogP contribution is -2.41. The van der Waals surface area contributed by atoms with Crippen LogP contribution in [0.3, 0.4) is 0 Å². The molecule has 2 aromatic carbocycles. The lowest BCUT2D eigenvalue weighted by atomic mass is 10.2. The number of carbonyl (C=O) groups is 2. The number of hydrazine groups is 1. The molecule has 156 valence electrons. The van der Waals surface area contributed by atoms with Gasteiger partial charge >= 0.3 is 0 Å². The standard InChI is InChI=1S/C19H16FN3O5S2/c1-28-15-7-6-13(30(21,26)27)10-14(15)18(24)22-23-19(25)17-9-8-16(29-17)11-2-4-12(20)5-3-11/h2-10H,1H3,(H,22,24)(H,23,25)(H2,21,26,27). The predicted molar refractivity (Wildman–Crippen MR) is 109 cm³/mol. The van der Waals surface area contributed by atoms with Gasteiger partial charge in [0.25, 0.3) is 11.8 Å². The smallest absolute Gasteiger partial charge is 0.279 e. The van der Waals surface area contributed by atoms with Crippen LogP contribution in [0, 0.1) is 5.82 Å². The Hall–Kier alpha value is -3.28. The lowest BCUT2D eigenvalue weighted by Gasteiger charge is -2.11. The fourth-order valence-electron chi connectivity index (χ4n) is 2.51. The summed E-state index contributed by atoms with van der Waals surface area (Å²) >= 11 is 1.15. The molecule has 8 nitrogen and oxygen atoms in total. The summed E-state index contributed by atoms with van der Waals surface area (Å²) < 4.78 is 41.1. The van der Waals surface area contributed by atoms with E-state index in [0.717, 1.165) is 27.8 Å². The molecule has 0 saturated heterocycles. The van der Waals surface area contributed by atoms with Gasteiger partial charge in [-0.25, -0.2) is 17.9 Å². The molecular formula is C19H16FN3O5S2. The maximum absolute atomic E-state index is 13.0. The number of nitrogens with one attached hydrogen (secondary N) is 2. The van der Waals surface area contributed by atoms with Gasteiger partial charge in [-0.2, -0.15) is 0 Å². The molecule has 4 N–H and O–H groups in total. The Bertz CT molecular complexity index is 1210. The van der Waals surface area contributed by atoms with Crippen molar-refractivity contribution in [3.05, 3.63) is 70.9 Å². The van der Waals surface area contributed by atoms with E-state index in [1.54, 1.807) is 24.3 Å². The third-order valence-corrected chi connectivity index (χ3v) is 6.04. The number of carbonyl (C=O) groups excluding carboxylic acids is 2. The average molecular weight is 449 g/mol. The number of nitrogens with two attached hydrogens (primary N) is 1. The first-order valence-corrected chi connectivity index (χ1v) is 10.7. The summed E-state index contributed by atoms with van der Waals surface area (Å²) in [5.74, 6) is -1.63. The van der Waals surface area contributed by atoms with Crippen molar-refractivity contribution in [2.24, 2.45) is 5.14 Å². The predicted octanol–water partition coefficient (Wildman–Crippen LogP) is 2.29. The van der Waals surface area contributed by atoms with E-state index >= 15 is 0 Å². The molecule has 0 aliphatic heterocycles. The molecule has 0 aliphatic rings. The number of hydrogen-bond acceptors (Lipinski definition) is 6. The molecule has 0 unspecified atom stereocenters. The highest BCUT2D eigenvalue weighted by Crippen LogP contribution is 2.28. The Morgan fingerprint density at radius 1 is 1.00 bits per heavy atom. The fraction of sp³-hybridized carbons (Fsp3) is 0.0526. The van der Waals surface area contributed by atoms with Crippen LogP contribution in [0.25, 0.3) is 10.4 Å². The maximum Gasteiger partial charge on any atom is 0.279 e. The second kappa shape index (κ2) is 8.61. The van der Waals surface area contributed by atoms with E-state index < -0.39 is 21.8 Å². The third kappa shape index (κ3) is 4.82. The van der Waals surface area contributed by atoms with E-state index in [0.29, 0.717) is 4.88 Å². The number of halogens is 1. The van der Waals surface area contributed by atoms with Crippen LogP contribution >= 0.6 is 11.3 Å². The van der Waals surface area contributed by atoms with Gasteiger partial charge in [0.2, 0.25) is 10.0 Å². The molecule has 0 fully saturated rings. The minimum Gasteiger partial charge on any atom is -0.496 e. The molecule has 0 radical (unpaired) electrons. The zero-order valence-corrected chi connectivity index (χ0v) is 17.1. The van der Waals surface area contributed by atoms with Crippen LogP contribution in [0.1, 0.15) is 20.0 Å². The Kier molecular flexibility index (Phi) is 6.15. The number of sulfonamides is 1. The topological polar surface area (TPSA) is 128 Å². The molecule has 0 atom stereocenters. The minimum atomic E-state index is -4.03. The van der Waals surface area contributed by atoms with Gasteiger partial charge in [0.1, 0.15) is 11.6 Å². The molecule has 2 amide bonds. The van der Waals surface area contributed by atoms with Gasteiger partial charge in [-0.1, -0.05) is 12.1 Å². The first kappa shape index (κ1) is 21.4. The SMILES string of the molecule is COc1ccc(S(N)(=O)=O)cc1C(=O)NNC(=O)c1ccc(-c2ccc(F)cc2)s1. The highest BCUT2D eigenvalue weighted by Gasteiger charge is 2.18. The molecule has 3 rings (SSSR count). The number of rotatable bonds is 5. The van der Waals surface area contributed by atoms with E-state index in [1.807, 2.05) is 0 Å². The van der Waals surface area contributed by atoms with Gasteiger partial charge in [-0.15, -0.1) is 11.3 Å². The Balaban J connectivity index is 1.72. The quantitative estimate of drug-likeness (QED) is 0.515. The third-order valence-electron chi connectivity index (χ3n) is 3.99. The monoisotopic (exact) mass is 449 g/mol. The molecule has 0 bridgehead atoms. The molecule has 3 aromatic rings. The molecule has 0 saturated carbocycles. The fourth-order valence-corrected chi connectivity index (χ4v) is 3.96. The summed E-state index contributed by atoms with van der Waals surface area (Å²) in [6, 6.07) is 12.6. The van der Waals surface area contributed by atoms with Gasteiger partial charge in [-0.3, -0.25) is 20.4 Å². The number of ether oxygens (including phenoxy) is 1. The summed E-state index contributed by atoms with van der Waals surface area (Å²) in [5, 5.41) is 5.08. The number of amides is 2. The Labute approximate surface area is 175 Å². The van der Waals surface area contributed by atoms with Gasteiger partial charge < -0.3 is 4.74 Å². The molecule has 0 spiro atoms. The normalized spacial score (nSPS) is 11.0. The summed E-state index contributed by atoms with van der Waals surface area (Å²) in [6.45, 7) is 0. The summed E-state index contributed by atoms with van der Waals surface area (Å²) in [5.41, 5.74) is 5.09.